The molecule has 0 saturated carbocycles. The zero-order chi connectivity index (χ0) is 18.9. The van der Waals surface area contributed by atoms with Crippen molar-refractivity contribution in [3.63, 3.8) is 0 Å². The van der Waals surface area contributed by atoms with Gasteiger partial charge in [-0.15, -0.1) is 0 Å². The summed E-state index contributed by atoms with van der Waals surface area (Å²) in [5.41, 5.74) is 2.56. The number of carbonyl (C=O) groups excluding carboxylic acids is 1. The molecular formula is C19H28BNO5. The summed E-state index contributed by atoms with van der Waals surface area (Å²) in [7, 11) is 0.954. The summed E-state index contributed by atoms with van der Waals surface area (Å²) in [4.78, 5) is 11.4. The molecule has 2 heterocycles. The van der Waals surface area contributed by atoms with Crippen LogP contribution in [-0.2, 0) is 25.2 Å². The lowest BCUT2D eigenvalue weighted by atomic mass is 9.73. The quantitative estimate of drug-likeness (QED) is 0.838. The lowest BCUT2D eigenvalue weighted by Gasteiger charge is -2.32. The molecule has 1 saturated heterocycles. The van der Waals surface area contributed by atoms with Crippen LogP contribution in [0.5, 0.6) is 0 Å². The summed E-state index contributed by atoms with van der Waals surface area (Å²) < 4.78 is 23.1. The van der Waals surface area contributed by atoms with Gasteiger partial charge in [0.2, 0.25) is 0 Å². The average Bonchev–Trinajstić information content (AvgIpc) is 2.74. The minimum absolute atomic E-state index is 0.214. The van der Waals surface area contributed by atoms with Crippen molar-refractivity contribution in [2.45, 2.75) is 57.8 Å². The Morgan fingerprint density at radius 2 is 1.96 bits per heavy atom. The van der Waals surface area contributed by atoms with Gasteiger partial charge in [-0.2, -0.15) is 0 Å². The molecule has 0 aromatic heterocycles. The number of ether oxygens (including phenoxy) is 2. The molecule has 2 aliphatic heterocycles. The molecule has 1 aromatic carbocycles. The Morgan fingerprint density at radius 1 is 1.27 bits per heavy atom. The molecule has 1 amide bonds. The lowest BCUT2D eigenvalue weighted by Crippen LogP contribution is -2.41. The summed E-state index contributed by atoms with van der Waals surface area (Å²) in [5, 5.41) is 2.74. The van der Waals surface area contributed by atoms with Gasteiger partial charge in [-0.05, 0) is 57.1 Å². The highest BCUT2D eigenvalue weighted by Crippen LogP contribution is 2.37. The van der Waals surface area contributed by atoms with E-state index in [1.807, 2.05) is 6.07 Å². The first kappa shape index (κ1) is 19.2. The molecule has 6 nitrogen and oxygen atoms in total. The molecule has 7 heteroatoms. The Hall–Kier alpha value is -1.57. The topological polar surface area (TPSA) is 66.0 Å². The number of alkyl carbamates (subject to hydrolysis) is 1. The van der Waals surface area contributed by atoms with Gasteiger partial charge in [-0.25, -0.2) is 4.79 Å². The largest absolute Gasteiger partial charge is 0.495 e. The van der Waals surface area contributed by atoms with Gasteiger partial charge in [0.15, 0.2) is 0 Å². The smallest absolute Gasteiger partial charge is 0.453 e. The molecule has 26 heavy (non-hydrogen) atoms. The molecule has 3 rings (SSSR count). The average molecular weight is 361 g/mol. The van der Waals surface area contributed by atoms with Gasteiger partial charge in [0.05, 0.1) is 24.9 Å². The van der Waals surface area contributed by atoms with Gasteiger partial charge in [0.25, 0.3) is 0 Å². The summed E-state index contributed by atoms with van der Waals surface area (Å²) in [6.07, 6.45) is 1.14. The van der Waals surface area contributed by atoms with Crippen LogP contribution >= 0.6 is 0 Å². The molecule has 1 aromatic rings. The SMILES string of the molecule is COC(=O)NCC1OCCCc2c(B3OC(C)(C)C(C)(C)O3)cccc21. The first-order chi connectivity index (χ1) is 12.2. The first-order valence-corrected chi connectivity index (χ1v) is 9.16. The van der Waals surface area contributed by atoms with Crippen LogP contribution in [0.2, 0.25) is 0 Å². The van der Waals surface area contributed by atoms with Crippen LogP contribution in [0, 0.1) is 0 Å². The summed E-state index contributed by atoms with van der Waals surface area (Å²) in [6.45, 7) is 9.24. The Kier molecular flexibility index (Phi) is 5.33. The zero-order valence-electron chi connectivity index (χ0n) is 16.3. The minimum Gasteiger partial charge on any atom is -0.453 e. The molecule has 1 unspecified atom stereocenters. The third kappa shape index (κ3) is 3.61. The van der Waals surface area contributed by atoms with Crippen LogP contribution in [0.3, 0.4) is 0 Å². The summed E-state index contributed by atoms with van der Waals surface area (Å²) >= 11 is 0. The van der Waals surface area contributed by atoms with Gasteiger partial charge in [-0.1, -0.05) is 18.2 Å². The number of carbonyl (C=O) groups is 1. The van der Waals surface area contributed by atoms with Crippen molar-refractivity contribution >= 4 is 18.7 Å². The number of fused-ring (bicyclic) bond motifs is 1. The number of methoxy groups -OCH3 is 1. The van der Waals surface area contributed by atoms with Crippen LogP contribution < -0.4 is 10.8 Å². The molecule has 1 atom stereocenters. The minimum atomic E-state index is -0.457. The van der Waals surface area contributed by atoms with E-state index in [0.717, 1.165) is 23.9 Å². The van der Waals surface area contributed by atoms with E-state index in [1.165, 1.54) is 12.7 Å². The fourth-order valence-corrected chi connectivity index (χ4v) is 3.39. The van der Waals surface area contributed by atoms with Crippen LogP contribution in [-0.4, -0.2) is 44.7 Å². The van der Waals surface area contributed by atoms with Gasteiger partial charge >= 0.3 is 13.2 Å². The van der Waals surface area contributed by atoms with Gasteiger partial charge in [0.1, 0.15) is 6.10 Å². The second kappa shape index (κ2) is 7.21. The van der Waals surface area contributed by atoms with Crippen LogP contribution in [0.15, 0.2) is 18.2 Å². The molecule has 0 spiro atoms. The standard InChI is InChI=1S/C19H28BNO5/c1-18(2)19(3,4)26-20(25-18)15-10-6-8-14-13(15)9-7-11-24-16(14)12-21-17(22)23-5/h6,8,10,16H,7,9,11-12H2,1-5H3,(H,21,22). The molecule has 0 bridgehead atoms. The predicted octanol–water partition coefficient (Wildman–Crippen LogP) is 2.35. The zero-order valence-corrected chi connectivity index (χ0v) is 16.3. The highest BCUT2D eigenvalue weighted by atomic mass is 16.7. The van der Waals surface area contributed by atoms with Gasteiger partial charge < -0.3 is 24.1 Å². The van der Waals surface area contributed by atoms with Crippen molar-refractivity contribution in [2.75, 3.05) is 20.3 Å². The lowest BCUT2D eigenvalue weighted by molar-refractivity contribution is 0.00578. The Balaban J connectivity index is 1.89. The molecule has 142 valence electrons. The van der Waals surface area contributed by atoms with Crippen LogP contribution in [0.1, 0.15) is 51.3 Å². The second-order valence-corrected chi connectivity index (χ2v) is 7.84. The fraction of sp³-hybridized carbons (Fsp3) is 0.632. The van der Waals surface area contributed by atoms with E-state index < -0.39 is 13.2 Å². The molecular weight excluding hydrogens is 333 g/mol. The van der Waals surface area contributed by atoms with E-state index in [-0.39, 0.29) is 17.3 Å². The summed E-state index contributed by atoms with van der Waals surface area (Å²) in [5.74, 6) is 0. The number of nitrogens with one attached hydrogen (secondary N) is 1. The number of hydrogen-bond acceptors (Lipinski definition) is 5. The number of benzene rings is 1. The maximum absolute atomic E-state index is 11.4. The number of rotatable bonds is 3. The number of amides is 1. The highest BCUT2D eigenvalue weighted by Gasteiger charge is 2.52. The molecule has 2 aliphatic rings. The summed E-state index contributed by atoms with van der Waals surface area (Å²) in [6, 6.07) is 6.12. The third-order valence-corrected chi connectivity index (χ3v) is 5.61. The third-order valence-electron chi connectivity index (χ3n) is 5.61. The predicted molar refractivity (Wildman–Crippen MR) is 99.6 cm³/mol. The first-order valence-electron chi connectivity index (χ1n) is 9.16. The van der Waals surface area contributed by atoms with Crippen molar-refractivity contribution in [1.29, 1.82) is 0 Å². The highest BCUT2D eigenvalue weighted by molar-refractivity contribution is 6.62. The van der Waals surface area contributed by atoms with Crippen molar-refractivity contribution in [1.82, 2.24) is 5.32 Å². The van der Waals surface area contributed by atoms with E-state index >= 15 is 0 Å². The number of hydrogen-bond donors (Lipinski definition) is 1. The van der Waals surface area contributed by atoms with Crippen LogP contribution in [0.25, 0.3) is 0 Å². The van der Waals surface area contributed by atoms with Gasteiger partial charge in [0, 0.05) is 6.61 Å². The van der Waals surface area contributed by atoms with E-state index in [2.05, 4.69) is 49.9 Å². The second-order valence-electron chi connectivity index (χ2n) is 7.84. The fourth-order valence-electron chi connectivity index (χ4n) is 3.39. The van der Waals surface area contributed by atoms with Crippen molar-refractivity contribution < 1.29 is 23.6 Å². The molecule has 1 N–H and O–H groups in total. The monoisotopic (exact) mass is 361 g/mol. The van der Waals surface area contributed by atoms with E-state index in [4.69, 9.17) is 14.0 Å². The maximum atomic E-state index is 11.4. The molecule has 1 fully saturated rings. The van der Waals surface area contributed by atoms with Crippen molar-refractivity contribution in [3.8, 4) is 0 Å². The van der Waals surface area contributed by atoms with Gasteiger partial charge in [-0.3, -0.25) is 0 Å². The Labute approximate surface area is 155 Å². The molecule has 0 radical (unpaired) electrons. The Bertz CT molecular complexity index is 660. The van der Waals surface area contributed by atoms with E-state index in [1.54, 1.807) is 0 Å². The van der Waals surface area contributed by atoms with E-state index in [0.29, 0.717) is 13.2 Å². The normalized spacial score (nSPS) is 23.9. The molecule has 0 aliphatic carbocycles. The van der Waals surface area contributed by atoms with E-state index in [9.17, 15) is 4.79 Å². The maximum Gasteiger partial charge on any atom is 0.495 e. The van der Waals surface area contributed by atoms with Crippen LogP contribution in [0.4, 0.5) is 4.79 Å². The Morgan fingerprint density at radius 3 is 2.62 bits per heavy atom. The van der Waals surface area contributed by atoms with Crippen molar-refractivity contribution in [3.05, 3.63) is 29.3 Å². The van der Waals surface area contributed by atoms with Crippen molar-refractivity contribution in [2.24, 2.45) is 0 Å².